The average Bonchev–Trinajstić information content (AvgIpc) is 3.42. The molecule has 0 saturated carbocycles. The first-order valence-corrected chi connectivity index (χ1v) is 32.0. The molecular formula is C61H93NO14S2-2. The lowest BCUT2D eigenvalue weighted by Crippen LogP contribution is -2.62. The maximum Gasteiger partial charge on any atom is 0.220 e. The first-order valence-electron chi connectivity index (χ1n) is 29.3. The lowest BCUT2D eigenvalue weighted by atomic mass is 9.98. The molecule has 4 rings (SSSR count). The number of allylic oxidation sites excluding steroid dienone is 1. The van der Waals surface area contributed by atoms with Gasteiger partial charge in [-0.1, -0.05) is 258 Å². The molecule has 7 atom stereocenters. The molecule has 0 radical (unpaired) electrons. The van der Waals surface area contributed by atoms with Gasteiger partial charge in [-0.05, 0) is 36.0 Å². The van der Waals surface area contributed by atoms with E-state index in [0.717, 1.165) is 50.5 Å². The molecule has 0 aliphatic carbocycles. The second kappa shape index (κ2) is 40.6. The zero-order valence-corrected chi connectivity index (χ0v) is 48.4. The van der Waals surface area contributed by atoms with Crippen molar-refractivity contribution in [1.29, 1.82) is 0 Å². The molecule has 0 bridgehead atoms. The summed E-state index contributed by atoms with van der Waals surface area (Å²) in [5, 5.41) is 3.20. The van der Waals surface area contributed by atoms with Gasteiger partial charge in [-0.15, -0.1) is 0 Å². The van der Waals surface area contributed by atoms with E-state index in [-0.39, 0.29) is 38.8 Å². The number of benzene rings is 3. The highest BCUT2D eigenvalue weighted by Gasteiger charge is 2.50. The fourth-order valence-corrected chi connectivity index (χ4v) is 10.5. The van der Waals surface area contributed by atoms with Crippen LogP contribution in [-0.2, 0) is 77.5 Å². The fourth-order valence-electron chi connectivity index (χ4n) is 9.68. The lowest BCUT2D eigenvalue weighted by Gasteiger charge is -2.46. The highest BCUT2D eigenvalue weighted by Crippen LogP contribution is 2.32. The molecule has 440 valence electrons. The molecule has 1 amide bonds. The number of carbonyl (C=O) groups is 1. The zero-order chi connectivity index (χ0) is 55.9. The van der Waals surface area contributed by atoms with Crippen molar-refractivity contribution in [2.24, 2.45) is 0 Å². The number of nitrogens with one attached hydrogen (secondary N) is 1. The summed E-state index contributed by atoms with van der Waals surface area (Å²) in [4.78, 5) is 14.0. The Morgan fingerprint density at radius 2 is 0.987 bits per heavy atom. The van der Waals surface area contributed by atoms with Crippen LogP contribution in [-0.4, -0.2) is 87.9 Å². The highest BCUT2D eigenvalue weighted by atomic mass is 32.3. The van der Waals surface area contributed by atoms with Gasteiger partial charge in [-0.2, -0.15) is 0 Å². The van der Waals surface area contributed by atoms with Crippen LogP contribution in [0.25, 0.3) is 0 Å². The molecular weight excluding hydrogens is 1030 g/mol. The normalized spacial score (nSPS) is 18.8. The molecule has 15 nitrogen and oxygen atoms in total. The molecule has 78 heavy (non-hydrogen) atoms. The first kappa shape index (κ1) is 66.9. The molecule has 3 aromatic rings. The smallest absolute Gasteiger partial charge is 0.220 e. The topological polar surface area (TPSA) is 208 Å². The van der Waals surface area contributed by atoms with E-state index in [1.54, 1.807) is 30.3 Å². The molecule has 1 fully saturated rings. The first-order chi connectivity index (χ1) is 37.8. The van der Waals surface area contributed by atoms with Crippen molar-refractivity contribution >= 4 is 26.7 Å². The van der Waals surface area contributed by atoms with Gasteiger partial charge < -0.3 is 38.1 Å². The largest absolute Gasteiger partial charge is 0.726 e. The van der Waals surface area contributed by atoms with E-state index in [2.05, 4.69) is 29.4 Å². The van der Waals surface area contributed by atoms with E-state index in [0.29, 0.717) is 17.5 Å². The summed E-state index contributed by atoms with van der Waals surface area (Å²) in [6, 6.07) is 26.8. The second-order valence-corrected chi connectivity index (χ2v) is 22.8. The van der Waals surface area contributed by atoms with E-state index in [1.807, 2.05) is 66.7 Å². The Morgan fingerprint density at radius 1 is 0.551 bits per heavy atom. The van der Waals surface area contributed by atoms with Crippen molar-refractivity contribution in [3.63, 3.8) is 0 Å². The second-order valence-electron chi connectivity index (χ2n) is 20.7. The third-order valence-corrected chi connectivity index (χ3v) is 14.9. The number of rotatable bonds is 46. The van der Waals surface area contributed by atoms with Crippen LogP contribution in [0.1, 0.15) is 197 Å². The Hall–Kier alpha value is -3.59. The standard InChI is InChI=1S/C61H95NO14S2/c1-3-5-7-9-11-13-15-17-19-21-23-25-36-44-55(70-46-51-38-30-27-31-39-51)54(62-57(63)45-37-26-24-22-20-18-16-14-12-10-8-6-4-2)49-73-61-60(72-48-53-42-34-29-35-43-53)59(71-47-52-40-32-28-33-41-52)58(76-78(67,68)69)56(75-61)50-74-77(64,65)66/h27-36,38-44,54-56,58-61H,3-26,37,45-50H2,1-2H3,(H,62,63)(H,64,65,66)(H,67,68,69)/p-2/b44-36+/t54-,55+,56?,58?,59?,60?,61?/m0/s1. The summed E-state index contributed by atoms with van der Waals surface area (Å²) in [5.74, 6) is -0.203. The molecule has 5 unspecified atom stereocenters. The molecule has 1 heterocycles. The van der Waals surface area contributed by atoms with E-state index in [1.165, 1.54) is 109 Å². The molecule has 1 aliphatic rings. The Bertz CT molecular complexity index is 2220. The van der Waals surface area contributed by atoms with Crippen LogP contribution in [0.4, 0.5) is 0 Å². The van der Waals surface area contributed by atoms with E-state index < -0.39 is 70.3 Å². The summed E-state index contributed by atoms with van der Waals surface area (Å²) in [5.41, 5.74) is 2.29. The maximum atomic E-state index is 14.0. The van der Waals surface area contributed by atoms with Crippen LogP contribution in [0.15, 0.2) is 103 Å². The third-order valence-electron chi connectivity index (χ3n) is 14.0. The molecule has 1 aliphatic heterocycles. The van der Waals surface area contributed by atoms with Crippen LogP contribution in [0.2, 0.25) is 0 Å². The van der Waals surface area contributed by atoms with Gasteiger partial charge >= 0.3 is 0 Å². The van der Waals surface area contributed by atoms with Crippen molar-refractivity contribution in [3.8, 4) is 0 Å². The van der Waals surface area contributed by atoms with Crippen LogP contribution >= 0.6 is 0 Å². The van der Waals surface area contributed by atoms with Gasteiger partial charge in [-0.3, -0.25) is 13.2 Å². The Balaban J connectivity index is 1.59. The Morgan fingerprint density at radius 3 is 1.45 bits per heavy atom. The predicted molar refractivity (Wildman–Crippen MR) is 302 cm³/mol. The van der Waals surface area contributed by atoms with Crippen molar-refractivity contribution in [3.05, 3.63) is 120 Å². The summed E-state index contributed by atoms with van der Waals surface area (Å²) < 4.78 is 115. The summed E-state index contributed by atoms with van der Waals surface area (Å²) in [7, 11) is -10.9. The van der Waals surface area contributed by atoms with Gasteiger partial charge in [0.1, 0.15) is 24.4 Å². The highest BCUT2D eigenvalue weighted by molar-refractivity contribution is 7.81. The number of hydrogen-bond acceptors (Lipinski definition) is 14. The molecule has 17 heteroatoms. The summed E-state index contributed by atoms with van der Waals surface area (Å²) >= 11 is 0. The van der Waals surface area contributed by atoms with Gasteiger partial charge in [0.05, 0.1) is 45.2 Å². The van der Waals surface area contributed by atoms with E-state index in [4.69, 9.17) is 27.9 Å². The molecule has 1 N–H and O–H groups in total. The van der Waals surface area contributed by atoms with Crippen LogP contribution in [0.5, 0.6) is 0 Å². The quantitative estimate of drug-likeness (QED) is 0.0242. The summed E-state index contributed by atoms with van der Waals surface area (Å²) in [6.45, 7) is 3.15. The SMILES string of the molecule is CCCCCCCCCCCCC/C=C/[C@@H](OCc1ccccc1)[C@H](COC1OC(COS(=O)(=O)[O-])C(OS(=O)(=O)[O-])C(OCc2ccccc2)C1OCc1ccccc1)NC(=O)CCCCCCCCCCCCCCC. The van der Waals surface area contributed by atoms with Crippen molar-refractivity contribution < 1.29 is 62.8 Å². The van der Waals surface area contributed by atoms with E-state index in [9.17, 15) is 30.7 Å². The minimum Gasteiger partial charge on any atom is -0.726 e. The summed E-state index contributed by atoms with van der Waals surface area (Å²) in [6.07, 6.45) is 25.1. The van der Waals surface area contributed by atoms with Crippen LogP contribution < -0.4 is 5.32 Å². The predicted octanol–water partition coefficient (Wildman–Crippen LogP) is 13.0. The third kappa shape index (κ3) is 30.8. The Labute approximate surface area is 469 Å². The number of amides is 1. The number of unbranched alkanes of at least 4 members (excludes halogenated alkanes) is 23. The number of carbonyl (C=O) groups excluding carboxylic acids is 1. The molecule has 1 saturated heterocycles. The lowest BCUT2D eigenvalue weighted by molar-refractivity contribution is -0.316. The van der Waals surface area contributed by atoms with Crippen molar-refractivity contribution in [1.82, 2.24) is 5.32 Å². The van der Waals surface area contributed by atoms with E-state index >= 15 is 0 Å². The van der Waals surface area contributed by atoms with Gasteiger partial charge in [0.2, 0.25) is 26.7 Å². The van der Waals surface area contributed by atoms with Gasteiger partial charge in [0, 0.05) is 6.42 Å². The molecule has 0 spiro atoms. The minimum atomic E-state index is -5.52. The van der Waals surface area contributed by atoms with Gasteiger partial charge in [0.15, 0.2) is 6.29 Å². The molecule has 0 aromatic heterocycles. The van der Waals surface area contributed by atoms with Gasteiger partial charge in [0.25, 0.3) is 0 Å². The zero-order valence-electron chi connectivity index (χ0n) is 46.8. The van der Waals surface area contributed by atoms with Crippen molar-refractivity contribution in [2.75, 3.05) is 13.2 Å². The minimum absolute atomic E-state index is 0.0727. The average molecular weight is 1130 g/mol. The number of hydrogen-bond donors (Lipinski definition) is 1. The van der Waals surface area contributed by atoms with Crippen LogP contribution in [0, 0.1) is 0 Å². The number of ether oxygens (including phenoxy) is 5. The van der Waals surface area contributed by atoms with Gasteiger partial charge in [-0.25, -0.2) is 16.8 Å². The Kier molecular flexibility index (Phi) is 34.8. The fraction of sp³-hybridized carbons (Fsp3) is 0.656. The monoisotopic (exact) mass is 1130 g/mol. The van der Waals surface area contributed by atoms with Crippen LogP contribution in [0.3, 0.4) is 0 Å². The maximum absolute atomic E-state index is 14.0. The molecule has 3 aromatic carbocycles. The van der Waals surface area contributed by atoms with Crippen molar-refractivity contribution in [2.45, 2.75) is 243 Å².